The van der Waals surface area contributed by atoms with E-state index in [2.05, 4.69) is 20.9 Å². The molecule has 3 N–H and O–H groups in total. The Labute approximate surface area is 175 Å². The molecule has 0 unspecified atom stereocenters. The van der Waals surface area contributed by atoms with Crippen LogP contribution in [0.25, 0.3) is 0 Å². The van der Waals surface area contributed by atoms with Gasteiger partial charge in [0.25, 0.3) is 0 Å². The van der Waals surface area contributed by atoms with Crippen LogP contribution >= 0.6 is 0 Å². The summed E-state index contributed by atoms with van der Waals surface area (Å²) in [5.41, 5.74) is 0. The van der Waals surface area contributed by atoms with Gasteiger partial charge in [-0.2, -0.15) is 0 Å². The van der Waals surface area contributed by atoms with Gasteiger partial charge in [-0.15, -0.1) is 0 Å². The van der Waals surface area contributed by atoms with E-state index in [1.165, 1.54) is 116 Å². The molecule has 4 heteroatoms. The second-order valence-electron chi connectivity index (χ2n) is 9.71. The molecule has 164 valence electrons. The van der Waals surface area contributed by atoms with Gasteiger partial charge >= 0.3 is 0 Å². The van der Waals surface area contributed by atoms with Gasteiger partial charge in [0.1, 0.15) is 0 Å². The van der Waals surface area contributed by atoms with E-state index in [4.69, 9.17) is 0 Å². The summed E-state index contributed by atoms with van der Waals surface area (Å²) >= 11 is 0. The monoisotopic (exact) mass is 392 g/mol. The number of nitrogens with one attached hydrogen (secondary N) is 3. The van der Waals surface area contributed by atoms with Gasteiger partial charge in [0.15, 0.2) is 0 Å². The average Bonchev–Trinajstić information content (AvgIpc) is 2.76. The van der Waals surface area contributed by atoms with Crippen molar-refractivity contribution in [3.05, 3.63) is 0 Å². The second kappa shape index (κ2) is 14.0. The van der Waals surface area contributed by atoms with Gasteiger partial charge in [0.05, 0.1) is 0 Å². The van der Waals surface area contributed by atoms with Gasteiger partial charge in [0.2, 0.25) is 0 Å². The molecule has 0 amide bonds. The zero-order valence-electron chi connectivity index (χ0n) is 18.5. The molecule has 3 fully saturated rings. The van der Waals surface area contributed by atoms with Crippen LogP contribution in [0, 0.1) is 0 Å². The van der Waals surface area contributed by atoms with Crippen molar-refractivity contribution in [2.24, 2.45) is 0 Å². The maximum atomic E-state index is 3.85. The summed E-state index contributed by atoms with van der Waals surface area (Å²) in [4.78, 5) is 2.70. The lowest BCUT2D eigenvalue weighted by molar-refractivity contribution is 0.244. The van der Waals surface area contributed by atoms with Gasteiger partial charge in [-0.3, -0.25) is 4.90 Å². The van der Waals surface area contributed by atoms with E-state index in [1.807, 2.05) is 0 Å². The molecule has 0 spiro atoms. The average molecular weight is 393 g/mol. The SMILES string of the molecule is C1CCC(NCCN(CCNC2CCCCC2)CCNC2CCCCC2)CC1. The number of rotatable bonds is 12. The molecular formula is C24H48N4. The zero-order chi connectivity index (χ0) is 19.3. The Kier molecular flexibility index (Phi) is 11.2. The number of hydrogen-bond acceptors (Lipinski definition) is 4. The van der Waals surface area contributed by atoms with Crippen LogP contribution in [0.15, 0.2) is 0 Å². The van der Waals surface area contributed by atoms with Crippen LogP contribution in [0.3, 0.4) is 0 Å². The van der Waals surface area contributed by atoms with Crippen molar-refractivity contribution in [2.75, 3.05) is 39.3 Å². The molecule has 0 bridgehead atoms. The van der Waals surface area contributed by atoms with Crippen LogP contribution in [-0.4, -0.2) is 62.3 Å². The maximum absolute atomic E-state index is 3.85. The first kappa shape index (κ1) is 22.5. The molecule has 0 atom stereocenters. The van der Waals surface area contributed by atoms with Crippen LogP contribution in [0.2, 0.25) is 0 Å². The predicted molar refractivity (Wildman–Crippen MR) is 121 cm³/mol. The molecule has 0 radical (unpaired) electrons. The van der Waals surface area contributed by atoms with Gasteiger partial charge in [-0.1, -0.05) is 57.8 Å². The minimum Gasteiger partial charge on any atom is -0.313 e. The number of hydrogen-bond donors (Lipinski definition) is 3. The van der Waals surface area contributed by atoms with Gasteiger partial charge in [-0.25, -0.2) is 0 Å². The Morgan fingerprint density at radius 2 is 0.714 bits per heavy atom. The fraction of sp³-hybridized carbons (Fsp3) is 1.00. The van der Waals surface area contributed by atoms with E-state index in [9.17, 15) is 0 Å². The molecule has 0 heterocycles. The van der Waals surface area contributed by atoms with Crippen LogP contribution in [0.5, 0.6) is 0 Å². The maximum Gasteiger partial charge on any atom is 0.0108 e. The third-order valence-electron chi connectivity index (χ3n) is 7.40. The van der Waals surface area contributed by atoms with Crippen molar-refractivity contribution in [2.45, 2.75) is 114 Å². The Morgan fingerprint density at radius 1 is 0.429 bits per heavy atom. The minimum absolute atomic E-state index is 0.788. The zero-order valence-corrected chi connectivity index (χ0v) is 18.5. The number of nitrogens with zero attached hydrogens (tertiary/aromatic N) is 1. The van der Waals surface area contributed by atoms with Crippen molar-refractivity contribution in [3.63, 3.8) is 0 Å². The van der Waals surface area contributed by atoms with Crippen LogP contribution in [0.1, 0.15) is 96.3 Å². The highest BCUT2D eigenvalue weighted by molar-refractivity contribution is 4.76. The lowest BCUT2D eigenvalue weighted by Crippen LogP contribution is -2.45. The molecule has 0 aromatic carbocycles. The van der Waals surface area contributed by atoms with Gasteiger partial charge in [0, 0.05) is 57.4 Å². The predicted octanol–water partition coefficient (Wildman–Crippen LogP) is 4.06. The van der Waals surface area contributed by atoms with Gasteiger partial charge < -0.3 is 16.0 Å². The second-order valence-corrected chi connectivity index (χ2v) is 9.71. The summed E-state index contributed by atoms with van der Waals surface area (Å²) in [6, 6.07) is 2.36. The van der Waals surface area contributed by atoms with Crippen molar-refractivity contribution >= 4 is 0 Å². The lowest BCUT2D eigenvalue weighted by atomic mass is 9.95. The highest BCUT2D eigenvalue weighted by Gasteiger charge is 2.16. The largest absolute Gasteiger partial charge is 0.313 e. The molecule has 0 aromatic heterocycles. The van der Waals surface area contributed by atoms with Crippen molar-refractivity contribution in [1.82, 2.24) is 20.9 Å². The molecule has 28 heavy (non-hydrogen) atoms. The van der Waals surface area contributed by atoms with E-state index in [-0.39, 0.29) is 0 Å². The molecule has 0 aromatic rings. The third-order valence-corrected chi connectivity index (χ3v) is 7.40. The summed E-state index contributed by atoms with van der Waals surface area (Å²) in [5.74, 6) is 0. The molecule has 3 saturated carbocycles. The van der Waals surface area contributed by atoms with Crippen molar-refractivity contribution in [1.29, 1.82) is 0 Å². The molecule has 0 saturated heterocycles. The van der Waals surface area contributed by atoms with E-state index < -0.39 is 0 Å². The summed E-state index contributed by atoms with van der Waals surface area (Å²) in [5, 5.41) is 11.5. The highest BCUT2D eigenvalue weighted by atomic mass is 15.2. The topological polar surface area (TPSA) is 39.3 Å². The highest BCUT2D eigenvalue weighted by Crippen LogP contribution is 2.18. The van der Waals surface area contributed by atoms with E-state index in [0.717, 1.165) is 37.8 Å². The first-order valence-corrected chi connectivity index (χ1v) is 12.8. The van der Waals surface area contributed by atoms with E-state index >= 15 is 0 Å². The first-order chi connectivity index (χ1) is 13.9. The molecule has 4 nitrogen and oxygen atoms in total. The summed E-state index contributed by atoms with van der Waals surface area (Å²) in [7, 11) is 0. The summed E-state index contributed by atoms with van der Waals surface area (Å²) in [6.45, 7) is 7.10. The fourth-order valence-corrected chi connectivity index (χ4v) is 5.54. The third kappa shape index (κ3) is 9.11. The first-order valence-electron chi connectivity index (χ1n) is 12.8. The van der Waals surface area contributed by atoms with Crippen LogP contribution in [0.4, 0.5) is 0 Å². The van der Waals surface area contributed by atoms with Crippen LogP contribution < -0.4 is 16.0 Å². The Bertz CT molecular complexity index is 314. The normalized spacial score (nSPS) is 23.5. The Hall–Kier alpha value is -0.160. The molecular weight excluding hydrogens is 344 g/mol. The quantitative estimate of drug-likeness (QED) is 0.468. The lowest BCUT2D eigenvalue weighted by Gasteiger charge is -2.29. The van der Waals surface area contributed by atoms with E-state index in [1.54, 1.807) is 0 Å². The fourth-order valence-electron chi connectivity index (χ4n) is 5.54. The smallest absolute Gasteiger partial charge is 0.0108 e. The Balaban J connectivity index is 1.32. The molecule has 3 aliphatic carbocycles. The molecule has 3 aliphatic rings. The van der Waals surface area contributed by atoms with Crippen molar-refractivity contribution in [3.8, 4) is 0 Å². The van der Waals surface area contributed by atoms with E-state index in [0.29, 0.717) is 0 Å². The summed E-state index contributed by atoms with van der Waals surface area (Å²) in [6.07, 6.45) is 21.3. The summed E-state index contributed by atoms with van der Waals surface area (Å²) < 4.78 is 0. The minimum atomic E-state index is 0.788. The van der Waals surface area contributed by atoms with Gasteiger partial charge in [-0.05, 0) is 38.5 Å². The Morgan fingerprint density at radius 3 is 1.00 bits per heavy atom. The standard InChI is InChI=1S/C24H48N4/c1-4-10-22(11-5-1)25-16-19-28(20-17-26-23-12-6-2-7-13-23)21-18-27-24-14-8-3-9-15-24/h22-27H,1-21H2. The molecule has 0 aliphatic heterocycles. The molecule has 3 rings (SSSR count). The van der Waals surface area contributed by atoms with Crippen LogP contribution in [-0.2, 0) is 0 Å². The van der Waals surface area contributed by atoms with Crippen molar-refractivity contribution < 1.29 is 0 Å².